The van der Waals surface area contributed by atoms with Crippen molar-refractivity contribution in [1.82, 2.24) is 23.4 Å². The Hall–Kier alpha value is -3.47. The second kappa shape index (κ2) is 12.7. The van der Waals surface area contributed by atoms with Crippen molar-refractivity contribution in [2.75, 3.05) is 40.3 Å². The first-order chi connectivity index (χ1) is 21.6. The highest BCUT2D eigenvalue weighted by atomic mass is 32.2. The molecule has 2 aromatic carbocycles. The quantitative estimate of drug-likeness (QED) is 0.368. The topological polar surface area (TPSA) is 95.0 Å². The average molecular weight is 632 g/mol. The van der Waals surface area contributed by atoms with E-state index in [9.17, 15) is 18.0 Å². The fourth-order valence-corrected chi connectivity index (χ4v) is 8.12. The second-order valence-electron chi connectivity index (χ2n) is 12.8. The van der Waals surface area contributed by atoms with E-state index >= 15 is 0 Å². The lowest BCUT2D eigenvalue weighted by atomic mass is 9.81. The summed E-state index contributed by atoms with van der Waals surface area (Å²) in [6.45, 7) is 8.10. The molecule has 240 valence electrons. The third-order valence-electron chi connectivity index (χ3n) is 10.0. The number of hydrogen-bond donors (Lipinski definition) is 1. The minimum absolute atomic E-state index is 0.0550. The molecule has 6 rings (SSSR count). The standard InChI is InChI=1S/C35H45N5O4S/c1-5-38(6-2)28-18-19-39(23-28)35(42)27-20-25-14-10-11-15-29(25)33-32(24-12-8-7-9-13-24)30-17-16-26(21-31(30)40(33)22-27)34(41)36-45(43,44)37(3)4/h10-11,14-17,20-21,24,28H,5-9,12-13,18-19,22-23H2,1-4H3,(H,36,41). The highest BCUT2D eigenvalue weighted by molar-refractivity contribution is 7.87. The van der Waals surface area contributed by atoms with Gasteiger partial charge < -0.3 is 9.47 Å². The number of likely N-dealkylation sites (tertiary alicyclic amines) is 1. The van der Waals surface area contributed by atoms with Gasteiger partial charge in [0.05, 0.1) is 12.2 Å². The minimum atomic E-state index is -3.95. The number of nitrogens with one attached hydrogen (secondary N) is 1. The number of fused-ring (bicyclic) bond motifs is 5. The van der Waals surface area contributed by atoms with Crippen molar-refractivity contribution in [2.45, 2.75) is 70.9 Å². The maximum absolute atomic E-state index is 14.2. The van der Waals surface area contributed by atoms with Crippen molar-refractivity contribution in [3.63, 3.8) is 0 Å². The molecule has 3 heterocycles. The Morgan fingerprint density at radius 3 is 2.42 bits per heavy atom. The van der Waals surface area contributed by atoms with Gasteiger partial charge in [-0.2, -0.15) is 12.7 Å². The van der Waals surface area contributed by atoms with Gasteiger partial charge in [0.2, 0.25) is 0 Å². The fourth-order valence-electron chi connectivity index (χ4n) is 7.58. The van der Waals surface area contributed by atoms with Crippen molar-refractivity contribution in [1.29, 1.82) is 0 Å². The molecule has 1 saturated heterocycles. The van der Waals surface area contributed by atoms with Crippen LogP contribution >= 0.6 is 0 Å². The van der Waals surface area contributed by atoms with Crippen molar-refractivity contribution in [2.24, 2.45) is 0 Å². The smallest absolute Gasteiger partial charge is 0.303 e. The Morgan fingerprint density at radius 1 is 0.978 bits per heavy atom. The first-order valence-corrected chi connectivity index (χ1v) is 17.8. The van der Waals surface area contributed by atoms with Gasteiger partial charge in [-0.15, -0.1) is 0 Å². The zero-order chi connectivity index (χ0) is 31.9. The lowest BCUT2D eigenvalue weighted by Gasteiger charge is -2.26. The van der Waals surface area contributed by atoms with Gasteiger partial charge in [-0.25, -0.2) is 4.72 Å². The molecule has 2 fully saturated rings. The molecule has 1 N–H and O–H groups in total. The van der Waals surface area contributed by atoms with Crippen LogP contribution in [0.25, 0.3) is 28.2 Å². The van der Waals surface area contributed by atoms with Crippen LogP contribution in [0.5, 0.6) is 0 Å². The van der Waals surface area contributed by atoms with Crippen LogP contribution in [0, 0.1) is 0 Å². The molecule has 0 radical (unpaired) electrons. The van der Waals surface area contributed by atoms with E-state index in [0.29, 0.717) is 18.5 Å². The summed E-state index contributed by atoms with van der Waals surface area (Å²) < 4.78 is 30.3. The number of carbonyl (C=O) groups excluding carboxylic acids is 2. The van der Waals surface area contributed by atoms with E-state index in [2.05, 4.69) is 46.2 Å². The van der Waals surface area contributed by atoms with Crippen LogP contribution in [-0.4, -0.2) is 85.2 Å². The molecule has 10 heteroatoms. The van der Waals surface area contributed by atoms with Crippen molar-refractivity contribution >= 4 is 39.0 Å². The summed E-state index contributed by atoms with van der Waals surface area (Å²) in [6.07, 6.45) is 8.80. The number of carbonyl (C=O) groups is 2. The van der Waals surface area contributed by atoms with E-state index in [1.54, 1.807) is 12.1 Å². The van der Waals surface area contributed by atoms with Gasteiger partial charge in [-0.05, 0) is 67.6 Å². The Morgan fingerprint density at radius 2 is 1.71 bits per heavy atom. The summed E-state index contributed by atoms with van der Waals surface area (Å²) in [5.74, 6) is -0.259. The summed E-state index contributed by atoms with van der Waals surface area (Å²) in [6, 6.07) is 14.2. The zero-order valence-electron chi connectivity index (χ0n) is 26.9. The molecule has 9 nitrogen and oxygen atoms in total. The van der Waals surface area contributed by atoms with Crippen molar-refractivity contribution in [3.05, 3.63) is 64.7 Å². The molecule has 1 saturated carbocycles. The summed E-state index contributed by atoms with van der Waals surface area (Å²) in [7, 11) is -1.19. The van der Waals surface area contributed by atoms with Crippen LogP contribution in [0.2, 0.25) is 0 Å². The van der Waals surface area contributed by atoms with Gasteiger partial charge in [0.25, 0.3) is 11.8 Å². The van der Waals surface area contributed by atoms with Gasteiger partial charge >= 0.3 is 10.2 Å². The number of nitrogens with zero attached hydrogens (tertiary/aromatic N) is 4. The SMILES string of the molecule is CCN(CC)C1CCN(C(=O)C2=Cc3ccccc3-c3c(C4CCCCC4)c4ccc(C(=O)NS(=O)(=O)N(C)C)cc4n3C2)C1. The highest BCUT2D eigenvalue weighted by Crippen LogP contribution is 2.46. The van der Waals surface area contributed by atoms with Crippen molar-refractivity contribution < 1.29 is 18.0 Å². The van der Waals surface area contributed by atoms with Crippen molar-refractivity contribution in [3.8, 4) is 11.3 Å². The predicted octanol–water partition coefficient (Wildman–Crippen LogP) is 5.23. The van der Waals surface area contributed by atoms with E-state index in [-0.39, 0.29) is 11.5 Å². The van der Waals surface area contributed by atoms with E-state index in [4.69, 9.17) is 0 Å². The van der Waals surface area contributed by atoms with Crippen LogP contribution in [-0.2, 0) is 21.5 Å². The Labute approximate surface area is 267 Å². The molecule has 1 aromatic heterocycles. The normalized spacial score (nSPS) is 19.0. The van der Waals surface area contributed by atoms with Crippen LogP contribution in [0.4, 0.5) is 0 Å². The molecule has 1 aliphatic carbocycles. The lowest BCUT2D eigenvalue weighted by molar-refractivity contribution is -0.126. The number of aromatic nitrogens is 1. The van der Waals surface area contributed by atoms with Gasteiger partial charge in [-0.3, -0.25) is 14.5 Å². The van der Waals surface area contributed by atoms with Crippen LogP contribution in [0.15, 0.2) is 48.0 Å². The number of rotatable bonds is 8. The molecule has 1 atom stereocenters. The third kappa shape index (κ3) is 5.95. The van der Waals surface area contributed by atoms with Crippen LogP contribution < -0.4 is 4.72 Å². The Balaban J connectivity index is 1.48. The molecule has 0 spiro atoms. The molecule has 0 bridgehead atoms. The molecule has 3 aliphatic rings. The number of benzene rings is 2. The molecular formula is C35H45N5O4S. The molecule has 2 amide bonds. The number of amides is 2. The monoisotopic (exact) mass is 631 g/mol. The number of hydrogen-bond acceptors (Lipinski definition) is 5. The molecular weight excluding hydrogens is 586 g/mol. The maximum atomic E-state index is 14.2. The summed E-state index contributed by atoms with van der Waals surface area (Å²) in [5, 5.41) is 1.06. The lowest BCUT2D eigenvalue weighted by Crippen LogP contribution is -2.39. The zero-order valence-corrected chi connectivity index (χ0v) is 27.7. The van der Waals surface area contributed by atoms with Gasteiger partial charge in [0, 0.05) is 60.8 Å². The summed E-state index contributed by atoms with van der Waals surface area (Å²) in [5.41, 5.74) is 6.31. The van der Waals surface area contributed by atoms with E-state index in [1.807, 2.05) is 23.1 Å². The first-order valence-electron chi connectivity index (χ1n) is 16.4. The van der Waals surface area contributed by atoms with Crippen LogP contribution in [0.3, 0.4) is 0 Å². The second-order valence-corrected chi connectivity index (χ2v) is 14.7. The minimum Gasteiger partial charge on any atom is -0.337 e. The largest absolute Gasteiger partial charge is 0.337 e. The van der Waals surface area contributed by atoms with Crippen LogP contribution in [0.1, 0.15) is 79.8 Å². The van der Waals surface area contributed by atoms with Gasteiger partial charge in [0.1, 0.15) is 0 Å². The average Bonchev–Trinajstić information content (AvgIpc) is 3.60. The molecule has 3 aromatic rings. The first kappa shape index (κ1) is 31.5. The fraction of sp³-hybridized carbons (Fsp3) is 0.486. The third-order valence-corrected chi connectivity index (χ3v) is 11.4. The predicted molar refractivity (Wildman–Crippen MR) is 179 cm³/mol. The van der Waals surface area contributed by atoms with Gasteiger partial charge in [-0.1, -0.05) is 63.4 Å². The highest BCUT2D eigenvalue weighted by Gasteiger charge is 2.34. The number of likely N-dealkylation sites (N-methyl/N-ethyl adjacent to an activating group) is 1. The molecule has 45 heavy (non-hydrogen) atoms. The summed E-state index contributed by atoms with van der Waals surface area (Å²) >= 11 is 0. The maximum Gasteiger partial charge on any atom is 0.303 e. The Bertz CT molecular complexity index is 1750. The molecule has 1 unspecified atom stereocenters. The molecule has 2 aliphatic heterocycles. The van der Waals surface area contributed by atoms with Gasteiger partial charge in [0.15, 0.2) is 0 Å². The van der Waals surface area contributed by atoms with E-state index < -0.39 is 16.1 Å². The summed E-state index contributed by atoms with van der Waals surface area (Å²) in [4.78, 5) is 31.9. The van der Waals surface area contributed by atoms with E-state index in [1.165, 1.54) is 38.9 Å². The van der Waals surface area contributed by atoms with E-state index in [0.717, 1.165) is 83.0 Å². The Kier molecular flexibility index (Phi) is 8.91.